The quantitative estimate of drug-likeness (QED) is 0.761. The maximum Gasteiger partial charge on any atom is 0.327 e. The average Bonchev–Trinajstić information content (AvgIpc) is 2.29. The number of hydrogen-bond donors (Lipinski definition) is 2. The SMILES string of the molecule is CCOC(=O)C(NCC(C)C)c1cccc(O)c1. The third-order valence-corrected chi connectivity index (χ3v) is 2.46. The zero-order chi connectivity index (χ0) is 13.5. The normalized spacial score (nSPS) is 12.4. The molecule has 1 atom stereocenters. The molecule has 0 aromatic heterocycles. The number of aromatic hydroxyl groups is 1. The summed E-state index contributed by atoms with van der Waals surface area (Å²) in [6, 6.07) is 6.14. The Morgan fingerprint density at radius 3 is 2.72 bits per heavy atom. The average molecular weight is 251 g/mol. The molecule has 0 heterocycles. The molecular formula is C14H21NO3. The van der Waals surface area contributed by atoms with Crippen LogP contribution in [0.3, 0.4) is 0 Å². The molecule has 1 unspecified atom stereocenters. The Hall–Kier alpha value is -1.55. The van der Waals surface area contributed by atoms with Gasteiger partial charge < -0.3 is 15.2 Å². The Morgan fingerprint density at radius 2 is 2.17 bits per heavy atom. The van der Waals surface area contributed by atoms with E-state index >= 15 is 0 Å². The fraction of sp³-hybridized carbons (Fsp3) is 0.500. The second-order valence-electron chi connectivity index (χ2n) is 4.58. The Kier molecular flexibility index (Phi) is 5.65. The Labute approximate surface area is 108 Å². The van der Waals surface area contributed by atoms with E-state index in [2.05, 4.69) is 19.2 Å². The lowest BCUT2D eigenvalue weighted by atomic mass is 10.1. The Balaban J connectivity index is 2.85. The van der Waals surface area contributed by atoms with Gasteiger partial charge in [-0.2, -0.15) is 0 Å². The zero-order valence-corrected chi connectivity index (χ0v) is 11.1. The van der Waals surface area contributed by atoms with E-state index in [9.17, 15) is 9.90 Å². The lowest BCUT2D eigenvalue weighted by Gasteiger charge is -2.19. The zero-order valence-electron chi connectivity index (χ0n) is 11.1. The summed E-state index contributed by atoms with van der Waals surface area (Å²) in [6.07, 6.45) is 0. The fourth-order valence-corrected chi connectivity index (χ4v) is 1.62. The molecule has 0 aliphatic rings. The maximum atomic E-state index is 11.9. The minimum Gasteiger partial charge on any atom is -0.508 e. The van der Waals surface area contributed by atoms with Crippen LogP contribution in [-0.4, -0.2) is 24.2 Å². The van der Waals surface area contributed by atoms with Gasteiger partial charge in [-0.1, -0.05) is 26.0 Å². The monoisotopic (exact) mass is 251 g/mol. The summed E-state index contributed by atoms with van der Waals surface area (Å²) in [5.74, 6) is 0.260. The van der Waals surface area contributed by atoms with Gasteiger partial charge in [-0.15, -0.1) is 0 Å². The minimum atomic E-state index is -0.528. The molecule has 0 fully saturated rings. The second-order valence-corrected chi connectivity index (χ2v) is 4.58. The van der Waals surface area contributed by atoms with Crippen molar-refractivity contribution in [1.29, 1.82) is 0 Å². The number of ether oxygens (including phenoxy) is 1. The van der Waals surface area contributed by atoms with Crippen LogP contribution in [0.2, 0.25) is 0 Å². The third-order valence-electron chi connectivity index (χ3n) is 2.46. The molecule has 1 aromatic carbocycles. The first-order valence-electron chi connectivity index (χ1n) is 6.23. The summed E-state index contributed by atoms with van der Waals surface area (Å²) in [6.45, 7) is 6.96. The molecule has 4 nitrogen and oxygen atoms in total. The van der Waals surface area contributed by atoms with E-state index < -0.39 is 6.04 Å². The molecule has 18 heavy (non-hydrogen) atoms. The van der Waals surface area contributed by atoms with Crippen LogP contribution >= 0.6 is 0 Å². The van der Waals surface area contributed by atoms with Gasteiger partial charge in [0.25, 0.3) is 0 Å². The minimum absolute atomic E-state index is 0.146. The first-order chi connectivity index (χ1) is 8.54. The van der Waals surface area contributed by atoms with Crippen molar-refractivity contribution < 1.29 is 14.6 Å². The highest BCUT2D eigenvalue weighted by atomic mass is 16.5. The predicted octanol–water partition coefficient (Wildman–Crippen LogP) is 2.24. The van der Waals surface area contributed by atoms with E-state index in [4.69, 9.17) is 4.74 Å². The number of benzene rings is 1. The van der Waals surface area contributed by atoms with E-state index in [1.54, 1.807) is 31.2 Å². The number of hydrogen-bond acceptors (Lipinski definition) is 4. The number of nitrogens with one attached hydrogen (secondary N) is 1. The molecule has 0 radical (unpaired) electrons. The standard InChI is InChI=1S/C14H21NO3/c1-4-18-14(17)13(15-9-10(2)3)11-6-5-7-12(16)8-11/h5-8,10,13,15-16H,4,9H2,1-3H3. The van der Waals surface area contributed by atoms with Gasteiger partial charge >= 0.3 is 5.97 Å². The first-order valence-corrected chi connectivity index (χ1v) is 6.23. The summed E-state index contributed by atoms with van der Waals surface area (Å²) in [5.41, 5.74) is 0.717. The van der Waals surface area contributed by atoms with E-state index in [-0.39, 0.29) is 11.7 Å². The van der Waals surface area contributed by atoms with Crippen LogP contribution in [0, 0.1) is 5.92 Å². The number of carbonyl (C=O) groups is 1. The fourth-order valence-electron chi connectivity index (χ4n) is 1.62. The van der Waals surface area contributed by atoms with Gasteiger partial charge in [0.1, 0.15) is 11.8 Å². The van der Waals surface area contributed by atoms with Crippen molar-refractivity contribution in [1.82, 2.24) is 5.32 Å². The lowest BCUT2D eigenvalue weighted by molar-refractivity contribution is -0.145. The summed E-state index contributed by atoms with van der Waals surface area (Å²) in [7, 11) is 0. The first kappa shape index (κ1) is 14.5. The van der Waals surface area contributed by atoms with Crippen LogP contribution in [0.4, 0.5) is 0 Å². The number of phenolic OH excluding ortho intramolecular Hbond substituents is 1. The van der Waals surface area contributed by atoms with Crippen molar-refractivity contribution in [3.05, 3.63) is 29.8 Å². The van der Waals surface area contributed by atoms with Crippen molar-refractivity contribution in [3.8, 4) is 5.75 Å². The molecule has 4 heteroatoms. The van der Waals surface area contributed by atoms with Crippen LogP contribution in [0.25, 0.3) is 0 Å². The van der Waals surface area contributed by atoms with E-state index in [1.807, 2.05) is 0 Å². The topological polar surface area (TPSA) is 58.6 Å². The summed E-state index contributed by atoms with van der Waals surface area (Å²) in [5, 5.41) is 12.6. The molecule has 0 aliphatic carbocycles. The van der Waals surface area contributed by atoms with Gasteiger partial charge in [-0.05, 0) is 37.1 Å². The van der Waals surface area contributed by atoms with Crippen LogP contribution in [0.15, 0.2) is 24.3 Å². The van der Waals surface area contributed by atoms with Crippen molar-refractivity contribution >= 4 is 5.97 Å². The Bertz CT molecular complexity index is 390. The highest BCUT2D eigenvalue weighted by Crippen LogP contribution is 2.19. The molecule has 0 amide bonds. The molecule has 0 spiro atoms. The van der Waals surface area contributed by atoms with Gasteiger partial charge in [0.2, 0.25) is 0 Å². The molecule has 1 rings (SSSR count). The van der Waals surface area contributed by atoms with Gasteiger partial charge in [-0.3, -0.25) is 0 Å². The van der Waals surface area contributed by atoms with Crippen LogP contribution < -0.4 is 5.32 Å². The highest BCUT2D eigenvalue weighted by Gasteiger charge is 2.21. The largest absolute Gasteiger partial charge is 0.508 e. The maximum absolute atomic E-state index is 11.9. The molecular weight excluding hydrogens is 230 g/mol. The van der Waals surface area contributed by atoms with Crippen LogP contribution in [0.1, 0.15) is 32.4 Å². The molecule has 0 saturated heterocycles. The van der Waals surface area contributed by atoms with Gasteiger partial charge in [0.05, 0.1) is 6.61 Å². The van der Waals surface area contributed by atoms with Crippen molar-refractivity contribution in [2.24, 2.45) is 5.92 Å². The highest BCUT2D eigenvalue weighted by molar-refractivity contribution is 5.77. The number of carbonyl (C=O) groups excluding carboxylic acids is 1. The van der Waals surface area contributed by atoms with E-state index in [1.165, 1.54) is 0 Å². The van der Waals surface area contributed by atoms with Crippen LogP contribution in [0.5, 0.6) is 5.75 Å². The number of esters is 1. The van der Waals surface area contributed by atoms with Crippen molar-refractivity contribution in [2.45, 2.75) is 26.8 Å². The van der Waals surface area contributed by atoms with E-state index in [0.29, 0.717) is 24.6 Å². The van der Waals surface area contributed by atoms with Gasteiger partial charge in [0, 0.05) is 0 Å². The van der Waals surface area contributed by atoms with Gasteiger partial charge in [-0.25, -0.2) is 4.79 Å². The lowest BCUT2D eigenvalue weighted by Crippen LogP contribution is -2.32. The van der Waals surface area contributed by atoms with Gasteiger partial charge in [0.15, 0.2) is 0 Å². The number of rotatable bonds is 6. The molecule has 0 saturated carbocycles. The van der Waals surface area contributed by atoms with Crippen molar-refractivity contribution in [2.75, 3.05) is 13.2 Å². The molecule has 2 N–H and O–H groups in total. The van der Waals surface area contributed by atoms with Crippen molar-refractivity contribution in [3.63, 3.8) is 0 Å². The molecule has 0 aliphatic heterocycles. The Morgan fingerprint density at radius 1 is 1.44 bits per heavy atom. The smallest absolute Gasteiger partial charge is 0.327 e. The summed E-state index contributed by atoms with van der Waals surface area (Å²) < 4.78 is 5.05. The molecule has 0 bridgehead atoms. The third kappa shape index (κ3) is 4.37. The summed E-state index contributed by atoms with van der Waals surface area (Å²) in [4.78, 5) is 11.9. The molecule has 1 aromatic rings. The second kappa shape index (κ2) is 7.01. The molecule has 100 valence electrons. The van der Waals surface area contributed by atoms with E-state index in [0.717, 1.165) is 0 Å². The van der Waals surface area contributed by atoms with Crippen LogP contribution in [-0.2, 0) is 9.53 Å². The predicted molar refractivity (Wildman–Crippen MR) is 70.3 cm³/mol. The number of phenols is 1. The summed E-state index contributed by atoms with van der Waals surface area (Å²) >= 11 is 0.